The molecule has 0 aromatic heterocycles. The second-order valence-electron chi connectivity index (χ2n) is 4.23. The minimum atomic E-state index is -0.447. The van der Waals surface area contributed by atoms with Crippen LogP contribution in [0.3, 0.4) is 0 Å². The maximum absolute atomic E-state index is 11.4. The van der Waals surface area contributed by atoms with Crippen LogP contribution >= 0.6 is 0 Å². The van der Waals surface area contributed by atoms with Crippen LogP contribution in [0, 0.1) is 5.41 Å². The van der Waals surface area contributed by atoms with Crippen molar-refractivity contribution in [1.29, 1.82) is 0 Å². The molecule has 13 heavy (non-hydrogen) atoms. The van der Waals surface area contributed by atoms with Gasteiger partial charge in [0, 0.05) is 13.2 Å². The second-order valence-corrected chi connectivity index (χ2v) is 4.23. The Kier molecular flexibility index (Phi) is 3.27. The van der Waals surface area contributed by atoms with E-state index in [1.807, 2.05) is 20.8 Å². The van der Waals surface area contributed by atoms with E-state index in [1.54, 1.807) is 5.06 Å². The van der Waals surface area contributed by atoms with Crippen LogP contribution in [0.15, 0.2) is 0 Å². The molecule has 0 spiro atoms. The van der Waals surface area contributed by atoms with Gasteiger partial charge in [0.25, 0.3) is 0 Å². The second kappa shape index (κ2) is 4.07. The summed E-state index contributed by atoms with van der Waals surface area (Å²) in [4.78, 5) is 16.5. The number of carbonyl (C=O) groups excluding carboxylic acids is 1. The van der Waals surface area contributed by atoms with Gasteiger partial charge >= 0.3 is 5.97 Å². The van der Waals surface area contributed by atoms with Crippen LogP contribution in [0.2, 0.25) is 0 Å². The molecule has 0 aliphatic carbocycles. The number of hydrogen-bond donors (Lipinski definition) is 0. The zero-order valence-electron chi connectivity index (χ0n) is 8.50. The van der Waals surface area contributed by atoms with Crippen molar-refractivity contribution in [3.8, 4) is 0 Å². The Balaban J connectivity index is 2.35. The highest BCUT2D eigenvalue weighted by Crippen LogP contribution is 2.16. The number of hydrogen-bond acceptors (Lipinski definition) is 4. The van der Waals surface area contributed by atoms with Crippen molar-refractivity contribution in [2.75, 3.05) is 19.9 Å². The van der Waals surface area contributed by atoms with Crippen LogP contribution in [-0.4, -0.2) is 30.9 Å². The largest absolute Gasteiger partial charge is 0.365 e. The van der Waals surface area contributed by atoms with Crippen LogP contribution < -0.4 is 0 Å². The minimum Gasteiger partial charge on any atom is -0.365 e. The highest BCUT2D eigenvalue weighted by Gasteiger charge is 2.26. The molecule has 1 saturated heterocycles. The van der Waals surface area contributed by atoms with E-state index in [4.69, 9.17) is 9.57 Å². The molecule has 76 valence electrons. The van der Waals surface area contributed by atoms with Gasteiger partial charge in [-0.05, 0) is 27.2 Å². The Hall–Kier alpha value is -0.610. The zero-order chi connectivity index (χ0) is 9.90. The standard InChI is InChI=1S/C9H17NO3/c1-9(2,3)8(11)13-10-5-4-6-12-7-10/h4-7H2,1-3H3. The van der Waals surface area contributed by atoms with Gasteiger partial charge in [-0.3, -0.25) is 0 Å². The first-order valence-electron chi connectivity index (χ1n) is 4.55. The monoisotopic (exact) mass is 187 g/mol. The summed E-state index contributed by atoms with van der Waals surface area (Å²) in [5.41, 5.74) is -0.447. The summed E-state index contributed by atoms with van der Waals surface area (Å²) in [5, 5.41) is 1.57. The molecule has 0 aromatic carbocycles. The quantitative estimate of drug-likeness (QED) is 0.617. The van der Waals surface area contributed by atoms with Crippen molar-refractivity contribution in [1.82, 2.24) is 5.06 Å². The maximum Gasteiger partial charge on any atom is 0.330 e. The molecule has 4 nitrogen and oxygen atoms in total. The molecular formula is C9H17NO3. The van der Waals surface area contributed by atoms with Crippen LogP contribution in [-0.2, 0) is 14.4 Å². The van der Waals surface area contributed by atoms with E-state index in [0.717, 1.165) is 19.6 Å². The molecular weight excluding hydrogens is 170 g/mol. The third-order valence-corrected chi connectivity index (χ3v) is 1.76. The lowest BCUT2D eigenvalue weighted by Gasteiger charge is -2.27. The third kappa shape index (κ3) is 3.32. The molecule has 0 aromatic rings. The fourth-order valence-corrected chi connectivity index (χ4v) is 0.900. The van der Waals surface area contributed by atoms with Gasteiger partial charge in [-0.2, -0.15) is 0 Å². The number of ether oxygens (including phenoxy) is 1. The topological polar surface area (TPSA) is 38.8 Å². The van der Waals surface area contributed by atoms with Crippen molar-refractivity contribution in [2.45, 2.75) is 27.2 Å². The Labute approximate surface area is 78.8 Å². The summed E-state index contributed by atoms with van der Waals surface area (Å²) < 4.78 is 5.14. The molecule has 1 aliphatic heterocycles. The minimum absolute atomic E-state index is 0.210. The van der Waals surface area contributed by atoms with Crippen molar-refractivity contribution in [3.05, 3.63) is 0 Å². The third-order valence-electron chi connectivity index (χ3n) is 1.76. The van der Waals surface area contributed by atoms with E-state index in [1.165, 1.54) is 0 Å². The predicted molar refractivity (Wildman–Crippen MR) is 47.7 cm³/mol. The van der Waals surface area contributed by atoms with E-state index in [9.17, 15) is 4.79 Å². The van der Waals surface area contributed by atoms with Crippen molar-refractivity contribution in [3.63, 3.8) is 0 Å². The van der Waals surface area contributed by atoms with Gasteiger partial charge in [0.1, 0.15) is 6.73 Å². The SMILES string of the molecule is CC(C)(C)C(=O)ON1CCCOC1. The van der Waals surface area contributed by atoms with Gasteiger partial charge < -0.3 is 9.57 Å². The lowest BCUT2D eigenvalue weighted by Crippen LogP contribution is -2.38. The first-order chi connectivity index (χ1) is 6.00. The van der Waals surface area contributed by atoms with Crippen LogP contribution in [0.4, 0.5) is 0 Å². The maximum atomic E-state index is 11.4. The Morgan fingerprint density at radius 1 is 1.46 bits per heavy atom. The highest BCUT2D eigenvalue weighted by atomic mass is 16.7. The Bertz CT molecular complexity index is 180. The molecule has 1 heterocycles. The van der Waals surface area contributed by atoms with Gasteiger partial charge in [0.15, 0.2) is 0 Å². The average Bonchev–Trinajstić information content (AvgIpc) is 2.04. The molecule has 0 amide bonds. The van der Waals surface area contributed by atoms with E-state index in [2.05, 4.69) is 0 Å². The summed E-state index contributed by atoms with van der Waals surface area (Å²) in [6.07, 6.45) is 0.914. The first-order valence-corrected chi connectivity index (χ1v) is 4.55. The first kappa shape index (κ1) is 10.5. The molecule has 0 saturated carbocycles. The smallest absolute Gasteiger partial charge is 0.330 e. The number of hydroxylamine groups is 2. The highest BCUT2D eigenvalue weighted by molar-refractivity contribution is 5.75. The van der Waals surface area contributed by atoms with Gasteiger partial charge in [0.2, 0.25) is 0 Å². The summed E-state index contributed by atoms with van der Waals surface area (Å²) >= 11 is 0. The fourth-order valence-electron chi connectivity index (χ4n) is 0.900. The van der Waals surface area contributed by atoms with Crippen LogP contribution in [0.1, 0.15) is 27.2 Å². The predicted octanol–water partition coefficient (Wildman–Crippen LogP) is 1.17. The van der Waals surface area contributed by atoms with E-state index in [0.29, 0.717) is 6.73 Å². The molecule has 0 radical (unpaired) electrons. The van der Waals surface area contributed by atoms with E-state index in [-0.39, 0.29) is 5.97 Å². The lowest BCUT2D eigenvalue weighted by atomic mass is 9.98. The number of nitrogens with zero attached hydrogens (tertiary/aromatic N) is 1. The van der Waals surface area contributed by atoms with E-state index < -0.39 is 5.41 Å². The molecule has 1 aliphatic rings. The Morgan fingerprint density at radius 3 is 2.62 bits per heavy atom. The van der Waals surface area contributed by atoms with E-state index >= 15 is 0 Å². The lowest BCUT2D eigenvalue weighted by molar-refractivity contribution is -0.233. The number of rotatable bonds is 1. The summed E-state index contributed by atoms with van der Waals surface area (Å²) in [5.74, 6) is -0.210. The number of carbonyl (C=O) groups is 1. The Morgan fingerprint density at radius 2 is 2.15 bits per heavy atom. The summed E-state index contributed by atoms with van der Waals surface area (Å²) in [7, 11) is 0. The average molecular weight is 187 g/mol. The van der Waals surface area contributed by atoms with Crippen molar-refractivity contribution < 1.29 is 14.4 Å². The fraction of sp³-hybridized carbons (Fsp3) is 0.889. The van der Waals surface area contributed by atoms with Gasteiger partial charge in [0.05, 0.1) is 5.41 Å². The van der Waals surface area contributed by atoms with Crippen molar-refractivity contribution >= 4 is 5.97 Å². The zero-order valence-corrected chi connectivity index (χ0v) is 8.50. The molecule has 0 atom stereocenters. The molecule has 1 rings (SSSR count). The summed E-state index contributed by atoms with van der Waals surface area (Å²) in [6.45, 7) is 7.41. The van der Waals surface area contributed by atoms with Crippen molar-refractivity contribution in [2.24, 2.45) is 5.41 Å². The van der Waals surface area contributed by atoms with Crippen LogP contribution in [0.25, 0.3) is 0 Å². The molecule has 4 heteroatoms. The van der Waals surface area contributed by atoms with Gasteiger partial charge in [-0.1, -0.05) is 0 Å². The summed E-state index contributed by atoms with van der Waals surface area (Å²) in [6, 6.07) is 0. The normalized spacial score (nSPS) is 19.9. The van der Waals surface area contributed by atoms with Gasteiger partial charge in [-0.15, -0.1) is 5.06 Å². The molecule has 0 bridgehead atoms. The molecule has 1 fully saturated rings. The molecule has 0 N–H and O–H groups in total. The van der Waals surface area contributed by atoms with Crippen LogP contribution in [0.5, 0.6) is 0 Å². The molecule has 0 unspecified atom stereocenters. The van der Waals surface area contributed by atoms with Gasteiger partial charge in [-0.25, -0.2) is 4.79 Å².